The zero-order valence-electron chi connectivity index (χ0n) is 12.4. The van der Waals surface area contributed by atoms with Crippen LogP contribution in [0.2, 0.25) is 5.02 Å². The third-order valence-electron chi connectivity index (χ3n) is 3.07. The van der Waals surface area contributed by atoms with E-state index < -0.39 is 0 Å². The number of carbonyl (C=O) groups excluding carboxylic acids is 1. The molecule has 1 N–H and O–H groups in total. The van der Waals surface area contributed by atoms with Crippen molar-refractivity contribution in [3.8, 4) is 5.69 Å². The van der Waals surface area contributed by atoms with Crippen LogP contribution < -0.4 is 5.32 Å². The fourth-order valence-corrected chi connectivity index (χ4v) is 2.17. The van der Waals surface area contributed by atoms with E-state index in [0.29, 0.717) is 17.3 Å². The summed E-state index contributed by atoms with van der Waals surface area (Å²) in [6.07, 6.45) is 1.79. The molecule has 21 heavy (non-hydrogen) atoms. The monoisotopic (exact) mass is 306 g/mol. The lowest BCUT2D eigenvalue weighted by molar-refractivity contribution is 0.0821. The van der Waals surface area contributed by atoms with Gasteiger partial charge in [-0.2, -0.15) is 5.10 Å². The van der Waals surface area contributed by atoms with Crippen LogP contribution in [0.4, 0.5) is 0 Å². The zero-order valence-corrected chi connectivity index (χ0v) is 13.2. The van der Waals surface area contributed by atoms with E-state index in [2.05, 4.69) is 10.4 Å². The third kappa shape index (κ3) is 3.62. The minimum absolute atomic E-state index is 0.115. The lowest BCUT2D eigenvalue weighted by atomic mass is 10.2. The number of halogens is 1. The Labute approximate surface area is 129 Å². The predicted molar refractivity (Wildman–Crippen MR) is 84.0 cm³/mol. The van der Waals surface area contributed by atoms with Crippen molar-refractivity contribution in [1.82, 2.24) is 20.0 Å². The molecule has 0 atom stereocenters. The molecule has 0 fully saturated rings. The summed E-state index contributed by atoms with van der Waals surface area (Å²) in [5, 5.41) is 8.31. The quantitative estimate of drug-likeness (QED) is 0.922. The van der Waals surface area contributed by atoms with Crippen molar-refractivity contribution in [1.29, 1.82) is 0 Å². The lowest BCUT2D eigenvalue weighted by Crippen LogP contribution is -2.22. The molecule has 0 aliphatic rings. The molecule has 1 aromatic carbocycles. The molecular formula is C15H19ClN4O. The lowest BCUT2D eigenvalue weighted by Gasteiger charge is -2.11. The number of amides is 1. The topological polar surface area (TPSA) is 50.2 Å². The minimum Gasteiger partial charge on any atom is -0.343 e. The van der Waals surface area contributed by atoms with Crippen LogP contribution in [0.15, 0.2) is 30.5 Å². The number of aromatic nitrogens is 2. The highest BCUT2D eigenvalue weighted by Crippen LogP contribution is 2.19. The van der Waals surface area contributed by atoms with Crippen molar-refractivity contribution in [3.05, 3.63) is 46.7 Å². The van der Waals surface area contributed by atoms with Gasteiger partial charge in [0.05, 0.1) is 5.69 Å². The molecule has 6 heteroatoms. The Bertz CT molecular complexity index is 636. The van der Waals surface area contributed by atoms with Gasteiger partial charge in [0.15, 0.2) is 5.69 Å². The average molecular weight is 307 g/mol. The molecule has 1 aromatic heterocycles. The summed E-state index contributed by atoms with van der Waals surface area (Å²) in [6.45, 7) is 3.62. The van der Waals surface area contributed by atoms with E-state index in [1.807, 2.05) is 25.1 Å². The van der Waals surface area contributed by atoms with Crippen LogP contribution in [0.1, 0.15) is 23.0 Å². The summed E-state index contributed by atoms with van der Waals surface area (Å²) in [4.78, 5) is 13.4. The van der Waals surface area contributed by atoms with Gasteiger partial charge in [-0.05, 0) is 36.4 Å². The summed E-state index contributed by atoms with van der Waals surface area (Å²) in [6, 6.07) is 7.36. The average Bonchev–Trinajstić information content (AvgIpc) is 2.93. The second-order valence-corrected chi connectivity index (χ2v) is 5.33. The molecule has 0 saturated heterocycles. The first-order valence-corrected chi connectivity index (χ1v) is 7.17. The van der Waals surface area contributed by atoms with Crippen LogP contribution in [0, 0.1) is 0 Å². The van der Waals surface area contributed by atoms with Gasteiger partial charge >= 0.3 is 0 Å². The number of hydrogen-bond donors (Lipinski definition) is 1. The highest BCUT2D eigenvalue weighted by atomic mass is 35.5. The van der Waals surface area contributed by atoms with Crippen LogP contribution in [0.3, 0.4) is 0 Å². The van der Waals surface area contributed by atoms with E-state index in [4.69, 9.17) is 11.6 Å². The molecule has 0 aliphatic carbocycles. The fraction of sp³-hybridized carbons (Fsp3) is 0.333. The first-order chi connectivity index (χ1) is 10.0. The molecule has 0 bridgehead atoms. The highest BCUT2D eigenvalue weighted by molar-refractivity contribution is 6.30. The molecule has 0 radical (unpaired) electrons. The van der Waals surface area contributed by atoms with Gasteiger partial charge < -0.3 is 10.2 Å². The Morgan fingerprint density at radius 1 is 1.38 bits per heavy atom. The number of nitrogens with zero attached hydrogens (tertiary/aromatic N) is 3. The van der Waals surface area contributed by atoms with E-state index in [1.165, 1.54) is 4.90 Å². The Kier molecular flexibility index (Phi) is 4.98. The highest BCUT2D eigenvalue weighted by Gasteiger charge is 2.13. The normalized spacial score (nSPS) is 10.7. The van der Waals surface area contributed by atoms with Crippen molar-refractivity contribution in [2.45, 2.75) is 13.5 Å². The largest absolute Gasteiger partial charge is 0.343 e. The molecule has 1 heterocycles. The SMILES string of the molecule is CCNCc1cc(Cl)ccc1-n1ccc(C(=O)N(C)C)n1. The molecular weight excluding hydrogens is 288 g/mol. The van der Waals surface area contributed by atoms with E-state index >= 15 is 0 Å². The van der Waals surface area contributed by atoms with Gasteiger partial charge in [-0.3, -0.25) is 4.79 Å². The molecule has 2 aromatic rings. The second-order valence-electron chi connectivity index (χ2n) is 4.90. The molecule has 2 rings (SSSR count). The van der Waals surface area contributed by atoms with Crippen molar-refractivity contribution in [2.75, 3.05) is 20.6 Å². The predicted octanol–water partition coefficient (Wildman–Crippen LogP) is 2.34. The first kappa shape index (κ1) is 15.5. The van der Waals surface area contributed by atoms with Crippen LogP contribution in [-0.2, 0) is 6.54 Å². The van der Waals surface area contributed by atoms with E-state index in [9.17, 15) is 4.79 Å². The molecule has 112 valence electrons. The minimum atomic E-state index is -0.115. The zero-order chi connectivity index (χ0) is 15.4. The maximum Gasteiger partial charge on any atom is 0.273 e. The van der Waals surface area contributed by atoms with Crippen LogP contribution in [0.25, 0.3) is 5.69 Å². The maximum atomic E-state index is 11.9. The molecule has 1 amide bonds. The standard InChI is InChI=1S/C15H19ClN4O/c1-4-17-10-11-9-12(16)5-6-14(11)20-8-7-13(18-20)15(21)19(2)3/h5-9,17H,4,10H2,1-3H3. The summed E-state index contributed by atoms with van der Waals surface area (Å²) in [7, 11) is 3.42. The van der Waals surface area contributed by atoms with Crippen molar-refractivity contribution in [3.63, 3.8) is 0 Å². The molecule has 0 spiro atoms. The molecule has 0 unspecified atom stereocenters. The summed E-state index contributed by atoms with van der Waals surface area (Å²) >= 11 is 6.06. The molecule has 5 nitrogen and oxygen atoms in total. The number of hydrogen-bond acceptors (Lipinski definition) is 3. The van der Waals surface area contributed by atoms with Crippen LogP contribution >= 0.6 is 11.6 Å². The van der Waals surface area contributed by atoms with Gasteiger partial charge in [-0.25, -0.2) is 4.68 Å². The van der Waals surface area contributed by atoms with Crippen LogP contribution in [-0.4, -0.2) is 41.2 Å². The van der Waals surface area contributed by atoms with E-state index in [0.717, 1.165) is 17.8 Å². The number of rotatable bonds is 5. The first-order valence-electron chi connectivity index (χ1n) is 6.79. The van der Waals surface area contributed by atoms with Gasteiger partial charge in [0, 0.05) is 31.9 Å². The van der Waals surface area contributed by atoms with Crippen molar-refractivity contribution < 1.29 is 4.79 Å². The number of nitrogens with one attached hydrogen (secondary N) is 1. The number of benzene rings is 1. The van der Waals surface area contributed by atoms with Gasteiger partial charge in [0.2, 0.25) is 0 Å². The number of carbonyl (C=O) groups is 1. The Balaban J connectivity index is 2.35. The van der Waals surface area contributed by atoms with Gasteiger partial charge in [-0.1, -0.05) is 18.5 Å². The summed E-state index contributed by atoms with van der Waals surface area (Å²) < 4.78 is 1.71. The Morgan fingerprint density at radius 3 is 2.81 bits per heavy atom. The maximum absolute atomic E-state index is 11.9. The molecule has 0 aliphatic heterocycles. The van der Waals surface area contributed by atoms with Crippen molar-refractivity contribution >= 4 is 17.5 Å². The van der Waals surface area contributed by atoms with Crippen LogP contribution in [0.5, 0.6) is 0 Å². The van der Waals surface area contributed by atoms with Gasteiger partial charge in [-0.15, -0.1) is 0 Å². The fourth-order valence-electron chi connectivity index (χ4n) is 1.98. The third-order valence-corrected chi connectivity index (χ3v) is 3.30. The van der Waals surface area contributed by atoms with Gasteiger partial charge in [0.1, 0.15) is 0 Å². The van der Waals surface area contributed by atoms with E-state index in [-0.39, 0.29) is 5.91 Å². The second kappa shape index (κ2) is 6.74. The Hall–Kier alpha value is -1.85. The smallest absolute Gasteiger partial charge is 0.273 e. The molecule has 0 saturated carbocycles. The summed E-state index contributed by atoms with van der Waals surface area (Å²) in [5.74, 6) is -0.115. The van der Waals surface area contributed by atoms with E-state index in [1.54, 1.807) is 31.0 Å². The Morgan fingerprint density at radius 2 is 2.14 bits per heavy atom. The summed E-state index contributed by atoms with van der Waals surface area (Å²) in [5.41, 5.74) is 2.37. The van der Waals surface area contributed by atoms with Crippen molar-refractivity contribution in [2.24, 2.45) is 0 Å². The van der Waals surface area contributed by atoms with Gasteiger partial charge in [0.25, 0.3) is 5.91 Å².